The number of aromatic nitrogens is 3. The van der Waals surface area contributed by atoms with E-state index in [1.165, 1.54) is 0 Å². The Morgan fingerprint density at radius 1 is 1.42 bits per heavy atom. The Morgan fingerprint density at radius 3 is 3.00 bits per heavy atom. The van der Waals surface area contributed by atoms with Crippen molar-refractivity contribution in [2.24, 2.45) is 0 Å². The molecule has 0 saturated heterocycles. The zero-order valence-electron chi connectivity index (χ0n) is 10.7. The maximum atomic E-state index is 8.45. The SMILES string of the molecule is COc1ccc(Cc2noc(CCCC#N)n2)cn1. The second-order valence-electron chi connectivity index (χ2n) is 4.00. The van der Waals surface area contributed by atoms with Crippen LogP contribution in [0.1, 0.15) is 30.1 Å². The molecular formula is C13H14N4O2. The third-order valence-corrected chi connectivity index (χ3v) is 2.56. The van der Waals surface area contributed by atoms with Crippen molar-refractivity contribution in [1.82, 2.24) is 15.1 Å². The Labute approximate surface area is 111 Å². The van der Waals surface area contributed by atoms with Crippen molar-refractivity contribution in [2.45, 2.75) is 25.7 Å². The Balaban J connectivity index is 1.93. The number of hydrogen-bond donors (Lipinski definition) is 0. The summed E-state index contributed by atoms with van der Waals surface area (Å²) in [4.78, 5) is 8.39. The normalized spacial score (nSPS) is 10.1. The highest BCUT2D eigenvalue weighted by molar-refractivity contribution is 5.20. The molecule has 2 heterocycles. The summed E-state index contributed by atoms with van der Waals surface area (Å²) in [6.45, 7) is 0. The molecule has 0 spiro atoms. The van der Waals surface area contributed by atoms with E-state index in [9.17, 15) is 0 Å². The number of pyridine rings is 1. The number of methoxy groups -OCH3 is 1. The first-order valence-corrected chi connectivity index (χ1v) is 5.99. The smallest absolute Gasteiger partial charge is 0.226 e. The standard InChI is InChI=1S/C13H14N4O2/c1-18-12-6-5-10(9-15-12)8-11-16-13(19-17-11)4-2-3-7-14/h5-6,9H,2-4,8H2,1H3. The molecule has 98 valence electrons. The topological polar surface area (TPSA) is 84.8 Å². The number of ether oxygens (including phenoxy) is 1. The van der Waals surface area contributed by atoms with Crippen molar-refractivity contribution >= 4 is 0 Å². The van der Waals surface area contributed by atoms with Crippen molar-refractivity contribution in [1.29, 1.82) is 5.26 Å². The van der Waals surface area contributed by atoms with Crippen LogP contribution in [0.25, 0.3) is 0 Å². The summed E-state index contributed by atoms with van der Waals surface area (Å²) in [6, 6.07) is 5.79. The monoisotopic (exact) mass is 258 g/mol. The molecule has 0 aliphatic rings. The van der Waals surface area contributed by atoms with Gasteiger partial charge >= 0.3 is 0 Å². The fourth-order valence-electron chi connectivity index (χ4n) is 1.60. The average Bonchev–Trinajstić information content (AvgIpc) is 2.88. The fourth-order valence-corrected chi connectivity index (χ4v) is 1.60. The summed E-state index contributed by atoms with van der Waals surface area (Å²) < 4.78 is 10.1. The third-order valence-electron chi connectivity index (χ3n) is 2.56. The molecule has 6 nitrogen and oxygen atoms in total. The summed E-state index contributed by atoms with van der Waals surface area (Å²) in [5.74, 6) is 1.78. The maximum absolute atomic E-state index is 8.45. The first kappa shape index (κ1) is 13.0. The molecule has 0 radical (unpaired) electrons. The van der Waals surface area contributed by atoms with Crippen LogP contribution in [0.3, 0.4) is 0 Å². The Kier molecular flexibility index (Phi) is 4.45. The van der Waals surface area contributed by atoms with Crippen LogP contribution in [0.5, 0.6) is 5.88 Å². The second kappa shape index (κ2) is 6.50. The molecule has 0 aliphatic carbocycles. The quantitative estimate of drug-likeness (QED) is 0.736. The minimum absolute atomic E-state index is 0.500. The molecule has 0 aromatic carbocycles. The van der Waals surface area contributed by atoms with Crippen molar-refractivity contribution in [3.8, 4) is 11.9 Å². The maximum Gasteiger partial charge on any atom is 0.226 e. The van der Waals surface area contributed by atoms with Gasteiger partial charge in [-0.3, -0.25) is 0 Å². The van der Waals surface area contributed by atoms with Crippen molar-refractivity contribution in [3.63, 3.8) is 0 Å². The highest BCUT2D eigenvalue weighted by atomic mass is 16.5. The third kappa shape index (κ3) is 3.78. The lowest BCUT2D eigenvalue weighted by Crippen LogP contribution is -1.94. The van der Waals surface area contributed by atoms with Gasteiger partial charge in [-0.1, -0.05) is 11.2 Å². The average molecular weight is 258 g/mol. The number of nitrogens with zero attached hydrogens (tertiary/aromatic N) is 4. The van der Waals surface area contributed by atoms with E-state index in [0.29, 0.717) is 36.9 Å². The van der Waals surface area contributed by atoms with E-state index in [1.54, 1.807) is 19.4 Å². The molecule has 2 aromatic heterocycles. The van der Waals surface area contributed by atoms with Gasteiger partial charge in [-0.2, -0.15) is 10.2 Å². The molecule has 0 bridgehead atoms. The van der Waals surface area contributed by atoms with E-state index >= 15 is 0 Å². The van der Waals surface area contributed by atoms with Crippen LogP contribution in [0.2, 0.25) is 0 Å². The molecule has 0 aliphatic heterocycles. The van der Waals surface area contributed by atoms with E-state index in [-0.39, 0.29) is 0 Å². The zero-order chi connectivity index (χ0) is 13.5. The van der Waals surface area contributed by atoms with Crippen LogP contribution in [0.4, 0.5) is 0 Å². The molecule has 0 amide bonds. The number of rotatable bonds is 6. The van der Waals surface area contributed by atoms with Gasteiger partial charge in [0.25, 0.3) is 0 Å². The molecule has 0 atom stereocenters. The van der Waals surface area contributed by atoms with E-state index < -0.39 is 0 Å². The van der Waals surface area contributed by atoms with Gasteiger partial charge in [-0.25, -0.2) is 4.98 Å². The lowest BCUT2D eigenvalue weighted by Gasteiger charge is -1.99. The van der Waals surface area contributed by atoms with Gasteiger partial charge in [-0.05, 0) is 12.0 Å². The lowest BCUT2D eigenvalue weighted by molar-refractivity contribution is 0.371. The van der Waals surface area contributed by atoms with Crippen LogP contribution in [-0.2, 0) is 12.8 Å². The molecule has 19 heavy (non-hydrogen) atoms. The van der Waals surface area contributed by atoms with Crippen LogP contribution in [0.15, 0.2) is 22.9 Å². The van der Waals surface area contributed by atoms with Gasteiger partial charge < -0.3 is 9.26 Å². The summed E-state index contributed by atoms with van der Waals surface area (Å²) in [5, 5.41) is 12.4. The molecule has 2 aromatic rings. The molecule has 2 rings (SSSR count). The van der Waals surface area contributed by atoms with Gasteiger partial charge in [-0.15, -0.1) is 0 Å². The Bertz CT molecular complexity index is 557. The van der Waals surface area contributed by atoms with E-state index in [2.05, 4.69) is 21.2 Å². The van der Waals surface area contributed by atoms with Gasteiger partial charge in [0.2, 0.25) is 11.8 Å². The van der Waals surface area contributed by atoms with Crippen LogP contribution < -0.4 is 4.74 Å². The minimum atomic E-state index is 0.500. The summed E-state index contributed by atoms with van der Waals surface area (Å²) >= 11 is 0. The predicted molar refractivity (Wildman–Crippen MR) is 66.4 cm³/mol. The van der Waals surface area contributed by atoms with E-state index in [0.717, 1.165) is 12.0 Å². The van der Waals surface area contributed by atoms with Gasteiger partial charge in [0, 0.05) is 31.5 Å². The van der Waals surface area contributed by atoms with Gasteiger partial charge in [0.15, 0.2) is 5.82 Å². The molecule has 0 saturated carbocycles. The van der Waals surface area contributed by atoms with Gasteiger partial charge in [0.05, 0.1) is 13.2 Å². The van der Waals surface area contributed by atoms with Crippen molar-refractivity contribution in [2.75, 3.05) is 7.11 Å². The van der Waals surface area contributed by atoms with Crippen molar-refractivity contribution < 1.29 is 9.26 Å². The number of aryl methyl sites for hydroxylation is 1. The first-order valence-electron chi connectivity index (χ1n) is 5.99. The highest BCUT2D eigenvalue weighted by Crippen LogP contribution is 2.11. The molecule has 0 unspecified atom stereocenters. The van der Waals surface area contributed by atoms with Crippen LogP contribution >= 0.6 is 0 Å². The number of unbranched alkanes of at least 4 members (excludes halogenated alkanes) is 1. The van der Waals surface area contributed by atoms with Crippen molar-refractivity contribution in [3.05, 3.63) is 35.6 Å². The minimum Gasteiger partial charge on any atom is -0.481 e. The number of nitriles is 1. The number of hydrogen-bond acceptors (Lipinski definition) is 6. The first-order chi connectivity index (χ1) is 9.31. The molecular weight excluding hydrogens is 244 g/mol. The summed E-state index contributed by atoms with van der Waals surface area (Å²) in [6.07, 6.45) is 4.17. The Morgan fingerprint density at radius 2 is 2.32 bits per heavy atom. The highest BCUT2D eigenvalue weighted by Gasteiger charge is 2.07. The van der Waals surface area contributed by atoms with E-state index in [4.69, 9.17) is 14.5 Å². The zero-order valence-corrected chi connectivity index (χ0v) is 10.7. The summed E-state index contributed by atoms with van der Waals surface area (Å²) in [7, 11) is 1.58. The largest absolute Gasteiger partial charge is 0.481 e. The van der Waals surface area contributed by atoms with E-state index in [1.807, 2.05) is 6.07 Å². The van der Waals surface area contributed by atoms with Crippen LogP contribution in [-0.4, -0.2) is 22.2 Å². The predicted octanol–water partition coefficient (Wildman–Crippen LogP) is 1.91. The molecule has 0 fully saturated rings. The Hall–Kier alpha value is -2.42. The molecule has 0 N–H and O–H groups in total. The summed E-state index contributed by atoms with van der Waals surface area (Å²) in [5.41, 5.74) is 0.991. The fraction of sp³-hybridized carbons (Fsp3) is 0.385. The molecule has 6 heteroatoms. The second-order valence-corrected chi connectivity index (χ2v) is 4.00. The lowest BCUT2D eigenvalue weighted by atomic mass is 10.2. The van der Waals surface area contributed by atoms with Gasteiger partial charge in [0.1, 0.15) is 0 Å². The van der Waals surface area contributed by atoms with Crippen LogP contribution in [0, 0.1) is 11.3 Å².